The van der Waals surface area contributed by atoms with Gasteiger partial charge in [0, 0.05) is 11.8 Å². The van der Waals surface area contributed by atoms with Crippen LogP contribution in [0, 0.1) is 0 Å². The van der Waals surface area contributed by atoms with Crippen molar-refractivity contribution in [1.82, 2.24) is 9.38 Å². The van der Waals surface area contributed by atoms with Crippen molar-refractivity contribution in [3.8, 4) is 34.4 Å². The molecule has 0 spiro atoms. The van der Waals surface area contributed by atoms with Crippen molar-refractivity contribution < 1.29 is 14.2 Å². The Morgan fingerprint density at radius 2 is 1.35 bits per heavy atom. The molecule has 0 aliphatic heterocycles. The highest BCUT2D eigenvalue weighted by atomic mass is 16.5. The van der Waals surface area contributed by atoms with Crippen LogP contribution in [0.5, 0.6) is 23.1 Å². The van der Waals surface area contributed by atoms with Crippen molar-refractivity contribution in [2.45, 2.75) is 0 Å². The molecular formula is C21H18N2O3. The summed E-state index contributed by atoms with van der Waals surface area (Å²) >= 11 is 0. The molecule has 0 aliphatic rings. The Morgan fingerprint density at radius 1 is 0.731 bits per heavy atom. The van der Waals surface area contributed by atoms with Gasteiger partial charge >= 0.3 is 0 Å². The molecule has 0 unspecified atom stereocenters. The number of pyridine rings is 1. The van der Waals surface area contributed by atoms with Gasteiger partial charge in [-0.15, -0.1) is 0 Å². The fraction of sp³-hybridized carbons (Fsp3) is 0.0952. The summed E-state index contributed by atoms with van der Waals surface area (Å²) in [6.45, 7) is 0. The smallest absolute Gasteiger partial charge is 0.232 e. The second kappa shape index (κ2) is 6.80. The summed E-state index contributed by atoms with van der Waals surface area (Å²) < 4.78 is 18.6. The summed E-state index contributed by atoms with van der Waals surface area (Å²) in [6, 6.07) is 21.1. The number of rotatable bonds is 5. The molecule has 0 amide bonds. The third-order valence-electron chi connectivity index (χ3n) is 4.12. The van der Waals surface area contributed by atoms with Crippen LogP contribution in [0.25, 0.3) is 16.9 Å². The average molecular weight is 346 g/mol. The maximum Gasteiger partial charge on any atom is 0.232 e. The molecule has 0 bridgehead atoms. The molecule has 26 heavy (non-hydrogen) atoms. The first-order valence-corrected chi connectivity index (χ1v) is 8.22. The molecule has 4 rings (SSSR count). The fourth-order valence-corrected chi connectivity index (χ4v) is 2.76. The van der Waals surface area contributed by atoms with Gasteiger partial charge in [-0.2, -0.15) is 0 Å². The van der Waals surface area contributed by atoms with Gasteiger partial charge in [-0.3, -0.25) is 4.40 Å². The number of methoxy groups -OCH3 is 2. The van der Waals surface area contributed by atoms with Gasteiger partial charge in [0.1, 0.15) is 28.6 Å². The Labute approximate surface area is 151 Å². The summed E-state index contributed by atoms with van der Waals surface area (Å²) in [5.41, 5.74) is 2.55. The number of nitrogens with zero attached hydrogens (tertiary/aromatic N) is 2. The van der Waals surface area contributed by atoms with Gasteiger partial charge in [0.25, 0.3) is 0 Å². The highest BCUT2D eigenvalue weighted by Gasteiger charge is 2.16. The third kappa shape index (κ3) is 2.95. The van der Waals surface area contributed by atoms with E-state index in [2.05, 4.69) is 0 Å². The Kier molecular flexibility index (Phi) is 4.19. The normalized spacial score (nSPS) is 10.7. The van der Waals surface area contributed by atoms with Crippen LogP contribution >= 0.6 is 0 Å². The lowest BCUT2D eigenvalue weighted by atomic mass is 10.1. The first-order valence-electron chi connectivity index (χ1n) is 8.22. The van der Waals surface area contributed by atoms with Crippen LogP contribution in [-0.4, -0.2) is 23.6 Å². The topological polar surface area (TPSA) is 45.0 Å². The minimum Gasteiger partial charge on any atom is -0.497 e. The van der Waals surface area contributed by atoms with Crippen molar-refractivity contribution in [1.29, 1.82) is 0 Å². The molecule has 2 aromatic heterocycles. The maximum atomic E-state index is 6.19. The van der Waals surface area contributed by atoms with Gasteiger partial charge in [-0.1, -0.05) is 6.07 Å². The number of aromatic nitrogens is 2. The van der Waals surface area contributed by atoms with Crippen molar-refractivity contribution in [2.24, 2.45) is 0 Å². The molecule has 2 aromatic carbocycles. The second-order valence-electron chi connectivity index (χ2n) is 5.70. The Morgan fingerprint density at radius 3 is 2.00 bits per heavy atom. The van der Waals surface area contributed by atoms with Crippen molar-refractivity contribution in [3.63, 3.8) is 0 Å². The van der Waals surface area contributed by atoms with Gasteiger partial charge in [0.05, 0.1) is 14.2 Å². The van der Waals surface area contributed by atoms with Gasteiger partial charge in [0.2, 0.25) is 5.88 Å². The molecule has 0 aliphatic carbocycles. The Balaban J connectivity index is 1.80. The number of hydrogen-bond acceptors (Lipinski definition) is 4. The van der Waals surface area contributed by atoms with E-state index in [0.717, 1.165) is 28.4 Å². The lowest BCUT2D eigenvalue weighted by Crippen LogP contribution is -1.92. The maximum absolute atomic E-state index is 6.19. The minimum absolute atomic E-state index is 0.663. The first-order chi connectivity index (χ1) is 12.8. The van der Waals surface area contributed by atoms with Gasteiger partial charge in [-0.25, -0.2) is 4.98 Å². The molecule has 4 aromatic rings. The Bertz CT molecular complexity index is 1020. The van der Waals surface area contributed by atoms with Gasteiger partial charge < -0.3 is 14.2 Å². The summed E-state index contributed by atoms with van der Waals surface area (Å²) in [4.78, 5) is 4.74. The van der Waals surface area contributed by atoms with Gasteiger partial charge in [0.15, 0.2) is 0 Å². The number of ether oxygens (including phenoxy) is 3. The number of benzene rings is 2. The molecule has 130 valence electrons. The standard InChI is InChI=1S/C21H18N2O3/c1-24-16-8-6-15(7-9-16)20-21(23-14-4-3-5-19(23)22-20)26-18-12-10-17(25-2)11-13-18/h3-14H,1-2H3. The van der Waals surface area contributed by atoms with E-state index in [1.165, 1.54) is 0 Å². The van der Waals surface area contributed by atoms with E-state index in [1.54, 1.807) is 14.2 Å². The molecule has 0 saturated heterocycles. The van der Waals surface area contributed by atoms with Crippen LogP contribution in [0.15, 0.2) is 72.9 Å². The summed E-state index contributed by atoms with van der Waals surface area (Å²) in [5.74, 6) is 2.96. The lowest BCUT2D eigenvalue weighted by molar-refractivity contribution is 0.412. The van der Waals surface area contributed by atoms with E-state index in [0.29, 0.717) is 11.6 Å². The molecule has 0 atom stereocenters. The molecular weight excluding hydrogens is 328 g/mol. The quantitative estimate of drug-likeness (QED) is 0.520. The van der Waals surface area contributed by atoms with E-state index >= 15 is 0 Å². The number of hydrogen-bond donors (Lipinski definition) is 0. The average Bonchev–Trinajstić information content (AvgIpc) is 3.07. The SMILES string of the molecule is COc1ccc(Oc2c(-c3ccc(OC)cc3)nc3ccccn23)cc1. The third-order valence-corrected chi connectivity index (χ3v) is 4.12. The van der Waals surface area contributed by atoms with E-state index in [1.807, 2.05) is 77.3 Å². The predicted molar refractivity (Wildman–Crippen MR) is 100 cm³/mol. The highest BCUT2D eigenvalue weighted by molar-refractivity contribution is 5.70. The fourth-order valence-electron chi connectivity index (χ4n) is 2.76. The molecule has 0 radical (unpaired) electrons. The molecule has 5 heteroatoms. The lowest BCUT2D eigenvalue weighted by Gasteiger charge is -2.09. The highest BCUT2D eigenvalue weighted by Crippen LogP contribution is 2.35. The molecule has 5 nitrogen and oxygen atoms in total. The molecule has 0 N–H and O–H groups in total. The minimum atomic E-state index is 0.663. The van der Waals surface area contributed by atoms with Crippen molar-refractivity contribution in [3.05, 3.63) is 72.9 Å². The van der Waals surface area contributed by atoms with Gasteiger partial charge in [-0.05, 0) is 60.7 Å². The molecule has 0 fully saturated rings. The molecule has 2 heterocycles. The zero-order valence-electron chi connectivity index (χ0n) is 14.5. The van der Waals surface area contributed by atoms with Crippen molar-refractivity contribution >= 4 is 5.65 Å². The van der Waals surface area contributed by atoms with Crippen LogP contribution in [0.4, 0.5) is 0 Å². The van der Waals surface area contributed by atoms with Crippen LogP contribution in [0.1, 0.15) is 0 Å². The van der Waals surface area contributed by atoms with Crippen molar-refractivity contribution in [2.75, 3.05) is 14.2 Å². The van der Waals surface area contributed by atoms with Crippen LogP contribution in [-0.2, 0) is 0 Å². The summed E-state index contributed by atoms with van der Waals surface area (Å²) in [6.07, 6.45) is 1.94. The Hall–Kier alpha value is -3.47. The van der Waals surface area contributed by atoms with Crippen LogP contribution < -0.4 is 14.2 Å². The second-order valence-corrected chi connectivity index (χ2v) is 5.70. The number of fused-ring (bicyclic) bond motifs is 1. The van der Waals surface area contributed by atoms with Crippen LogP contribution in [0.3, 0.4) is 0 Å². The summed E-state index contributed by atoms with van der Waals surface area (Å²) in [7, 11) is 3.29. The first kappa shape index (κ1) is 16.0. The van der Waals surface area contributed by atoms with Crippen LogP contribution in [0.2, 0.25) is 0 Å². The van der Waals surface area contributed by atoms with E-state index in [9.17, 15) is 0 Å². The zero-order chi connectivity index (χ0) is 17.9. The van der Waals surface area contributed by atoms with E-state index in [-0.39, 0.29) is 0 Å². The largest absolute Gasteiger partial charge is 0.497 e. The monoisotopic (exact) mass is 346 g/mol. The van der Waals surface area contributed by atoms with E-state index in [4.69, 9.17) is 19.2 Å². The predicted octanol–water partition coefficient (Wildman–Crippen LogP) is 4.81. The summed E-state index contributed by atoms with van der Waals surface area (Å²) in [5, 5.41) is 0. The zero-order valence-corrected chi connectivity index (χ0v) is 14.5. The molecule has 0 saturated carbocycles. The van der Waals surface area contributed by atoms with E-state index < -0.39 is 0 Å². The number of imidazole rings is 1.